The topological polar surface area (TPSA) is 32.3 Å². The average Bonchev–Trinajstić information content (AvgIpc) is 2.92. The van der Waals surface area contributed by atoms with E-state index >= 15 is 0 Å². The lowest BCUT2D eigenvalue weighted by atomic mass is 10.1. The van der Waals surface area contributed by atoms with E-state index in [4.69, 9.17) is 11.6 Å². The standard InChI is InChI=1S/C14H19ClN2O/c15-11-12-3-5-13(6-4-12)14(18)16-7-10-17-8-1-2-9-17/h3-6H,1-2,7-11H2,(H,16,18). The number of amides is 1. The van der Waals surface area contributed by atoms with Crippen molar-refractivity contribution in [1.82, 2.24) is 10.2 Å². The van der Waals surface area contributed by atoms with Gasteiger partial charge in [-0.15, -0.1) is 11.6 Å². The van der Waals surface area contributed by atoms with Crippen molar-refractivity contribution in [3.63, 3.8) is 0 Å². The van der Waals surface area contributed by atoms with Crippen LogP contribution in [0.1, 0.15) is 28.8 Å². The van der Waals surface area contributed by atoms with Crippen molar-refractivity contribution < 1.29 is 4.79 Å². The highest BCUT2D eigenvalue weighted by Gasteiger charge is 2.11. The molecule has 0 aromatic heterocycles. The smallest absolute Gasteiger partial charge is 0.251 e. The van der Waals surface area contributed by atoms with Crippen LogP contribution in [0, 0.1) is 0 Å². The minimum atomic E-state index is -0.00433. The second kappa shape index (κ2) is 6.76. The second-order valence-electron chi connectivity index (χ2n) is 4.64. The van der Waals surface area contributed by atoms with E-state index in [0.717, 1.165) is 18.7 Å². The molecule has 0 radical (unpaired) electrons. The van der Waals surface area contributed by atoms with Crippen LogP contribution >= 0.6 is 11.6 Å². The molecule has 1 aliphatic heterocycles. The maximum absolute atomic E-state index is 11.9. The van der Waals surface area contributed by atoms with Crippen molar-refractivity contribution in [2.24, 2.45) is 0 Å². The fourth-order valence-corrected chi connectivity index (χ4v) is 2.36. The Labute approximate surface area is 113 Å². The second-order valence-corrected chi connectivity index (χ2v) is 4.90. The molecular formula is C14H19ClN2O. The fraction of sp³-hybridized carbons (Fsp3) is 0.500. The number of nitrogens with one attached hydrogen (secondary N) is 1. The van der Waals surface area contributed by atoms with Gasteiger partial charge in [-0.1, -0.05) is 12.1 Å². The zero-order chi connectivity index (χ0) is 12.8. The summed E-state index contributed by atoms with van der Waals surface area (Å²) in [7, 11) is 0. The lowest BCUT2D eigenvalue weighted by Gasteiger charge is -2.14. The maximum atomic E-state index is 11.9. The minimum Gasteiger partial charge on any atom is -0.351 e. The summed E-state index contributed by atoms with van der Waals surface area (Å²) >= 11 is 5.71. The zero-order valence-electron chi connectivity index (χ0n) is 10.5. The summed E-state index contributed by atoms with van der Waals surface area (Å²) in [5.74, 6) is 0.479. The summed E-state index contributed by atoms with van der Waals surface area (Å²) in [6.45, 7) is 4.00. The Kier molecular flexibility index (Phi) is 5.02. The summed E-state index contributed by atoms with van der Waals surface area (Å²) in [4.78, 5) is 14.2. The van der Waals surface area contributed by atoms with Crippen LogP contribution < -0.4 is 5.32 Å². The van der Waals surface area contributed by atoms with Gasteiger partial charge < -0.3 is 10.2 Å². The first kappa shape index (κ1) is 13.4. The number of hydrogen-bond acceptors (Lipinski definition) is 2. The van der Waals surface area contributed by atoms with Crippen molar-refractivity contribution in [2.75, 3.05) is 26.2 Å². The molecule has 0 spiro atoms. The van der Waals surface area contributed by atoms with Gasteiger partial charge in [-0.3, -0.25) is 4.79 Å². The molecule has 0 atom stereocenters. The number of carbonyl (C=O) groups excluding carboxylic acids is 1. The number of rotatable bonds is 5. The van der Waals surface area contributed by atoms with Crippen LogP contribution in [-0.4, -0.2) is 37.0 Å². The monoisotopic (exact) mass is 266 g/mol. The van der Waals surface area contributed by atoms with E-state index in [1.165, 1.54) is 25.9 Å². The Morgan fingerprint density at radius 2 is 1.89 bits per heavy atom. The van der Waals surface area contributed by atoms with E-state index in [2.05, 4.69) is 10.2 Å². The molecule has 98 valence electrons. The molecule has 18 heavy (non-hydrogen) atoms. The van der Waals surface area contributed by atoms with Crippen LogP contribution in [0.4, 0.5) is 0 Å². The third-order valence-corrected chi connectivity index (χ3v) is 3.59. The maximum Gasteiger partial charge on any atom is 0.251 e. The molecule has 1 N–H and O–H groups in total. The minimum absolute atomic E-state index is 0.00433. The number of nitrogens with zero attached hydrogens (tertiary/aromatic N) is 1. The molecule has 1 aromatic rings. The number of benzene rings is 1. The lowest BCUT2D eigenvalue weighted by Crippen LogP contribution is -2.33. The summed E-state index contributed by atoms with van der Waals surface area (Å²) < 4.78 is 0. The van der Waals surface area contributed by atoms with E-state index in [1.807, 2.05) is 24.3 Å². The Balaban J connectivity index is 1.76. The predicted octanol–water partition coefficient (Wildman–Crippen LogP) is 2.25. The Hall–Kier alpha value is -1.06. The van der Waals surface area contributed by atoms with Crippen molar-refractivity contribution in [1.29, 1.82) is 0 Å². The molecule has 1 aliphatic rings. The van der Waals surface area contributed by atoms with Gasteiger partial charge in [-0.2, -0.15) is 0 Å². The molecule has 0 aliphatic carbocycles. The molecule has 0 saturated carbocycles. The van der Waals surface area contributed by atoms with Gasteiger partial charge in [0, 0.05) is 24.5 Å². The van der Waals surface area contributed by atoms with E-state index in [1.54, 1.807) is 0 Å². The summed E-state index contributed by atoms with van der Waals surface area (Å²) in [6, 6.07) is 7.43. The molecule has 2 rings (SSSR count). The van der Waals surface area contributed by atoms with E-state index in [-0.39, 0.29) is 5.91 Å². The first-order chi connectivity index (χ1) is 8.79. The van der Waals surface area contributed by atoms with E-state index < -0.39 is 0 Å². The van der Waals surface area contributed by atoms with Crippen LogP contribution in [0.15, 0.2) is 24.3 Å². The third-order valence-electron chi connectivity index (χ3n) is 3.28. The highest BCUT2D eigenvalue weighted by Crippen LogP contribution is 2.07. The molecule has 1 aromatic carbocycles. The lowest BCUT2D eigenvalue weighted by molar-refractivity contribution is 0.0950. The van der Waals surface area contributed by atoms with Gasteiger partial charge in [0.1, 0.15) is 0 Å². The number of halogens is 1. The van der Waals surface area contributed by atoms with E-state index in [0.29, 0.717) is 11.4 Å². The SMILES string of the molecule is O=C(NCCN1CCCC1)c1ccc(CCl)cc1. The van der Waals surface area contributed by atoms with Crippen LogP contribution in [0.25, 0.3) is 0 Å². The van der Waals surface area contributed by atoms with Crippen LogP contribution in [-0.2, 0) is 5.88 Å². The van der Waals surface area contributed by atoms with Gasteiger partial charge in [0.15, 0.2) is 0 Å². The Morgan fingerprint density at radius 3 is 2.50 bits per heavy atom. The molecule has 4 heteroatoms. The number of hydrogen-bond donors (Lipinski definition) is 1. The van der Waals surface area contributed by atoms with Crippen LogP contribution in [0.2, 0.25) is 0 Å². The highest BCUT2D eigenvalue weighted by molar-refractivity contribution is 6.17. The third kappa shape index (κ3) is 3.72. The van der Waals surface area contributed by atoms with Gasteiger partial charge in [0.05, 0.1) is 0 Å². The van der Waals surface area contributed by atoms with Crippen LogP contribution in [0.5, 0.6) is 0 Å². The molecule has 3 nitrogen and oxygen atoms in total. The summed E-state index contributed by atoms with van der Waals surface area (Å²) in [5.41, 5.74) is 1.73. The summed E-state index contributed by atoms with van der Waals surface area (Å²) in [5, 5.41) is 2.95. The first-order valence-electron chi connectivity index (χ1n) is 6.45. The van der Waals surface area contributed by atoms with Crippen molar-refractivity contribution in [3.8, 4) is 0 Å². The van der Waals surface area contributed by atoms with E-state index in [9.17, 15) is 4.79 Å². The van der Waals surface area contributed by atoms with Gasteiger partial charge >= 0.3 is 0 Å². The van der Waals surface area contributed by atoms with Gasteiger partial charge in [-0.25, -0.2) is 0 Å². The zero-order valence-corrected chi connectivity index (χ0v) is 11.2. The average molecular weight is 267 g/mol. The largest absolute Gasteiger partial charge is 0.351 e. The van der Waals surface area contributed by atoms with Gasteiger partial charge in [0.25, 0.3) is 5.91 Å². The highest BCUT2D eigenvalue weighted by atomic mass is 35.5. The normalized spacial score (nSPS) is 15.8. The molecule has 1 heterocycles. The van der Waals surface area contributed by atoms with Crippen molar-refractivity contribution in [3.05, 3.63) is 35.4 Å². The van der Waals surface area contributed by atoms with Gasteiger partial charge in [-0.05, 0) is 43.6 Å². The molecule has 1 amide bonds. The quantitative estimate of drug-likeness (QED) is 0.829. The summed E-state index contributed by atoms with van der Waals surface area (Å²) in [6.07, 6.45) is 2.57. The number of likely N-dealkylation sites (tertiary alicyclic amines) is 1. The molecule has 1 fully saturated rings. The molecule has 0 bridgehead atoms. The Morgan fingerprint density at radius 1 is 1.22 bits per heavy atom. The molecular weight excluding hydrogens is 248 g/mol. The molecule has 0 unspecified atom stereocenters. The number of carbonyl (C=O) groups is 1. The van der Waals surface area contributed by atoms with Crippen molar-refractivity contribution in [2.45, 2.75) is 18.7 Å². The fourth-order valence-electron chi connectivity index (χ4n) is 2.18. The number of alkyl halides is 1. The molecule has 1 saturated heterocycles. The van der Waals surface area contributed by atoms with Gasteiger partial charge in [0.2, 0.25) is 0 Å². The van der Waals surface area contributed by atoms with Crippen LogP contribution in [0.3, 0.4) is 0 Å². The first-order valence-corrected chi connectivity index (χ1v) is 6.98. The predicted molar refractivity (Wildman–Crippen MR) is 74.0 cm³/mol. The Bertz CT molecular complexity index is 385. The van der Waals surface area contributed by atoms with Crippen molar-refractivity contribution >= 4 is 17.5 Å².